The number of thiocarbonyl (C=S) groups is 1. The van der Waals surface area contributed by atoms with Crippen molar-refractivity contribution in [2.75, 3.05) is 13.7 Å². The topological polar surface area (TPSA) is 103 Å². The number of carbonyl (C=O) groups excluding carboxylic acids is 1. The number of pyridine rings is 1. The predicted molar refractivity (Wildman–Crippen MR) is 121 cm³/mol. The second-order valence-corrected chi connectivity index (χ2v) is 7.61. The number of nitro benzene ring substituents is 1. The van der Waals surface area contributed by atoms with Crippen molar-refractivity contribution in [1.29, 1.82) is 0 Å². The van der Waals surface area contributed by atoms with E-state index in [2.05, 4.69) is 10.3 Å². The highest BCUT2D eigenvalue weighted by atomic mass is 32.1. The summed E-state index contributed by atoms with van der Waals surface area (Å²) in [5.74, 6) is -0.321. The van der Waals surface area contributed by atoms with E-state index in [1.54, 1.807) is 18.3 Å². The molecular formula is C22H21N5O4S. The quantitative estimate of drug-likeness (QED) is 0.253. The van der Waals surface area contributed by atoms with Gasteiger partial charge in [-0.2, -0.15) is 0 Å². The van der Waals surface area contributed by atoms with E-state index in [0.29, 0.717) is 11.7 Å². The van der Waals surface area contributed by atoms with Crippen LogP contribution in [0, 0.1) is 10.1 Å². The number of non-ortho nitro benzene ring substituents is 1. The molecule has 164 valence electrons. The fourth-order valence-corrected chi connectivity index (χ4v) is 4.22. The Morgan fingerprint density at radius 3 is 2.66 bits per heavy atom. The number of nitrogens with one attached hydrogen (secondary N) is 1. The van der Waals surface area contributed by atoms with Gasteiger partial charge in [0, 0.05) is 42.5 Å². The smallest absolute Gasteiger partial charge is 0.307 e. The van der Waals surface area contributed by atoms with Crippen LogP contribution in [0.25, 0.3) is 5.69 Å². The monoisotopic (exact) mass is 451 g/mol. The lowest BCUT2D eigenvalue weighted by molar-refractivity contribution is -0.384. The highest BCUT2D eigenvalue weighted by Gasteiger charge is 2.41. The Morgan fingerprint density at radius 2 is 2.00 bits per heavy atom. The van der Waals surface area contributed by atoms with Crippen LogP contribution >= 0.6 is 12.2 Å². The van der Waals surface area contributed by atoms with Gasteiger partial charge >= 0.3 is 5.97 Å². The van der Waals surface area contributed by atoms with Crippen LogP contribution in [-0.2, 0) is 9.53 Å². The van der Waals surface area contributed by atoms with Crippen LogP contribution in [0.4, 0.5) is 5.69 Å². The molecule has 0 unspecified atom stereocenters. The second-order valence-electron chi connectivity index (χ2n) is 7.22. The number of nitro groups is 1. The van der Waals surface area contributed by atoms with Crippen molar-refractivity contribution in [2.24, 2.45) is 0 Å². The van der Waals surface area contributed by atoms with Crippen molar-refractivity contribution in [3.05, 3.63) is 88.5 Å². The van der Waals surface area contributed by atoms with Gasteiger partial charge in [0.25, 0.3) is 5.69 Å². The van der Waals surface area contributed by atoms with Crippen molar-refractivity contribution in [2.45, 2.75) is 18.5 Å². The van der Waals surface area contributed by atoms with Crippen molar-refractivity contribution in [3.8, 4) is 5.69 Å². The summed E-state index contributed by atoms with van der Waals surface area (Å²) in [5.41, 5.74) is 2.53. The van der Waals surface area contributed by atoms with Gasteiger partial charge in [0.15, 0.2) is 5.11 Å². The molecule has 0 amide bonds. The highest BCUT2D eigenvalue weighted by Crippen LogP contribution is 2.39. The lowest BCUT2D eigenvalue weighted by Gasteiger charge is -2.28. The normalized spacial score (nSPS) is 17.8. The van der Waals surface area contributed by atoms with Gasteiger partial charge in [0.1, 0.15) is 0 Å². The number of benzene rings is 1. The number of carbonyl (C=O) groups is 1. The van der Waals surface area contributed by atoms with E-state index >= 15 is 0 Å². The summed E-state index contributed by atoms with van der Waals surface area (Å²) in [6, 6.07) is 15.4. The SMILES string of the molecule is COC(=O)CCN1C(=S)N[C@@H](c2ccccn2)[C@H]1c1cccn1-c1ccc([N+](=O)[O-])cc1. The molecule has 3 heterocycles. The third-order valence-corrected chi connectivity index (χ3v) is 5.76. The molecule has 9 nitrogen and oxygen atoms in total. The van der Waals surface area contributed by atoms with E-state index in [1.165, 1.54) is 19.2 Å². The predicted octanol–water partition coefficient (Wildman–Crippen LogP) is 3.32. The summed E-state index contributed by atoms with van der Waals surface area (Å²) in [7, 11) is 1.36. The van der Waals surface area contributed by atoms with E-state index in [9.17, 15) is 14.9 Å². The molecule has 0 saturated carbocycles. The summed E-state index contributed by atoms with van der Waals surface area (Å²) < 4.78 is 6.77. The summed E-state index contributed by atoms with van der Waals surface area (Å²) in [6.45, 7) is 0.373. The standard InChI is InChI=1S/C22H21N5O4S/c1-31-19(28)11-14-26-21(20(24-22(26)32)17-5-2-3-12-23-17)18-6-4-13-25(18)15-7-9-16(10-8-15)27(29)30/h2-10,12-13,20-21H,11,14H2,1H3,(H,24,32)/t20-,21+/m0/s1. The van der Waals surface area contributed by atoms with Gasteiger partial charge in [-0.15, -0.1) is 0 Å². The van der Waals surface area contributed by atoms with Crippen LogP contribution in [0.15, 0.2) is 67.0 Å². The molecule has 1 saturated heterocycles. The van der Waals surface area contributed by atoms with Crippen LogP contribution in [0.2, 0.25) is 0 Å². The molecule has 1 fully saturated rings. The average molecular weight is 452 g/mol. The fourth-order valence-electron chi connectivity index (χ4n) is 3.89. The maximum Gasteiger partial charge on any atom is 0.307 e. The fraction of sp³-hybridized carbons (Fsp3) is 0.227. The third kappa shape index (κ3) is 4.17. The van der Waals surface area contributed by atoms with E-state index in [-0.39, 0.29) is 30.2 Å². The minimum absolute atomic E-state index is 0.0252. The molecule has 1 aliphatic heterocycles. The molecule has 0 bridgehead atoms. The minimum Gasteiger partial charge on any atom is -0.469 e. The summed E-state index contributed by atoms with van der Waals surface area (Å²) >= 11 is 5.61. The van der Waals surface area contributed by atoms with Crippen LogP contribution in [0.3, 0.4) is 0 Å². The maximum absolute atomic E-state index is 11.8. The molecule has 4 rings (SSSR count). The Balaban J connectivity index is 1.74. The van der Waals surface area contributed by atoms with E-state index in [0.717, 1.165) is 17.1 Å². The minimum atomic E-state index is -0.425. The number of ether oxygens (including phenoxy) is 1. The van der Waals surface area contributed by atoms with Crippen LogP contribution in [0.5, 0.6) is 0 Å². The van der Waals surface area contributed by atoms with Crippen molar-refractivity contribution in [3.63, 3.8) is 0 Å². The molecule has 0 radical (unpaired) electrons. The van der Waals surface area contributed by atoms with Crippen molar-refractivity contribution >= 4 is 29.0 Å². The number of hydrogen-bond acceptors (Lipinski definition) is 6. The van der Waals surface area contributed by atoms with E-state index in [1.807, 2.05) is 46.0 Å². The Labute approximate surface area is 189 Å². The lowest BCUT2D eigenvalue weighted by atomic mass is 10.0. The molecule has 3 aromatic rings. The average Bonchev–Trinajstić information content (AvgIpc) is 3.42. The van der Waals surface area contributed by atoms with Crippen LogP contribution < -0.4 is 5.32 Å². The number of hydrogen-bond donors (Lipinski definition) is 1. The summed E-state index contributed by atoms with van der Waals surface area (Å²) in [6.07, 6.45) is 3.80. The maximum atomic E-state index is 11.8. The van der Waals surface area contributed by atoms with Gasteiger partial charge in [-0.25, -0.2) is 0 Å². The number of esters is 1. The van der Waals surface area contributed by atoms with Crippen LogP contribution in [-0.4, -0.2) is 44.1 Å². The second kappa shape index (κ2) is 9.15. The number of rotatable bonds is 7. The zero-order valence-corrected chi connectivity index (χ0v) is 18.1. The molecule has 10 heteroatoms. The largest absolute Gasteiger partial charge is 0.469 e. The molecule has 32 heavy (non-hydrogen) atoms. The molecule has 2 aromatic heterocycles. The van der Waals surface area contributed by atoms with Crippen molar-refractivity contribution in [1.82, 2.24) is 19.8 Å². The Hall–Kier alpha value is -3.79. The van der Waals surface area contributed by atoms with Crippen LogP contribution in [0.1, 0.15) is 29.9 Å². The molecule has 1 aliphatic rings. The molecule has 0 aliphatic carbocycles. The molecule has 0 spiro atoms. The summed E-state index contributed by atoms with van der Waals surface area (Å²) in [5, 5.41) is 14.9. The first-order valence-corrected chi connectivity index (χ1v) is 10.4. The molecule has 1 N–H and O–H groups in total. The Morgan fingerprint density at radius 1 is 1.22 bits per heavy atom. The highest BCUT2D eigenvalue weighted by molar-refractivity contribution is 7.80. The van der Waals surface area contributed by atoms with Gasteiger partial charge < -0.3 is 19.5 Å². The Kier molecular flexibility index (Phi) is 6.13. The number of aromatic nitrogens is 2. The van der Waals surface area contributed by atoms with Gasteiger partial charge in [-0.3, -0.25) is 19.9 Å². The third-order valence-electron chi connectivity index (χ3n) is 5.40. The number of nitrogens with zero attached hydrogens (tertiary/aromatic N) is 4. The molecular weight excluding hydrogens is 430 g/mol. The van der Waals surface area contributed by atoms with Gasteiger partial charge in [-0.1, -0.05) is 6.07 Å². The van der Waals surface area contributed by atoms with Gasteiger partial charge in [-0.05, 0) is 48.6 Å². The lowest BCUT2D eigenvalue weighted by Crippen LogP contribution is -2.32. The van der Waals surface area contributed by atoms with E-state index < -0.39 is 4.92 Å². The van der Waals surface area contributed by atoms with E-state index in [4.69, 9.17) is 17.0 Å². The first-order chi connectivity index (χ1) is 15.5. The summed E-state index contributed by atoms with van der Waals surface area (Å²) in [4.78, 5) is 28.9. The van der Waals surface area contributed by atoms with Gasteiger partial charge in [0.2, 0.25) is 0 Å². The Bertz CT molecular complexity index is 1130. The molecule has 2 atom stereocenters. The van der Waals surface area contributed by atoms with Gasteiger partial charge in [0.05, 0.1) is 36.2 Å². The number of methoxy groups -OCH3 is 1. The molecule has 1 aromatic carbocycles. The zero-order chi connectivity index (χ0) is 22.7. The van der Waals surface area contributed by atoms with Crippen molar-refractivity contribution < 1.29 is 14.5 Å². The zero-order valence-electron chi connectivity index (χ0n) is 17.2. The first-order valence-electron chi connectivity index (χ1n) is 9.96. The first kappa shape index (κ1) is 21.4.